The van der Waals surface area contributed by atoms with E-state index in [-0.39, 0.29) is 17.1 Å². The van der Waals surface area contributed by atoms with Crippen LogP contribution in [0.3, 0.4) is 0 Å². The van der Waals surface area contributed by atoms with Crippen molar-refractivity contribution >= 4 is 51.6 Å². The van der Waals surface area contributed by atoms with Crippen LogP contribution in [0.1, 0.15) is 53.1 Å². The second kappa shape index (κ2) is 12.4. The number of ether oxygens (including phenoxy) is 1. The molecule has 0 spiro atoms. The maximum Gasteiger partial charge on any atom is 0.341 e. The van der Waals surface area contributed by atoms with Crippen molar-refractivity contribution < 1.29 is 19.1 Å². The van der Waals surface area contributed by atoms with Crippen molar-refractivity contribution in [2.75, 3.05) is 17.7 Å². The number of thioether (sulfide) groups is 1. The Morgan fingerprint density at radius 2 is 1.89 bits per heavy atom. The average Bonchev–Trinajstić information content (AvgIpc) is 3.24. The normalized spacial score (nSPS) is 15.4. The molecule has 3 aromatic rings. The van der Waals surface area contributed by atoms with E-state index in [2.05, 4.69) is 17.6 Å². The Morgan fingerprint density at radius 3 is 2.62 bits per heavy atom. The number of carbonyl (C=O) groups is 3. The molecule has 1 aromatic heterocycles. The fourth-order valence-corrected chi connectivity index (χ4v) is 6.88. The minimum Gasteiger partial charge on any atom is -0.465 e. The lowest BCUT2D eigenvalue weighted by Gasteiger charge is -2.18. The number of rotatable bonds is 9. The van der Waals surface area contributed by atoms with Crippen molar-refractivity contribution in [3.63, 3.8) is 0 Å². The first kappa shape index (κ1) is 26.9. The first-order valence-corrected chi connectivity index (χ1v) is 14.2. The standard InChI is InChI=1S/C29H32N2O4S2/c1-4-23(27(33)31-28-26(29(34)35-3)22-14-13-18(2)15-24(22)37-28)36-21-12-8-11-20(17-21)30-25(32)16-19-9-6-5-7-10-19/h5-12,17-18,23H,4,13-16H2,1-3H3,(H,30,32)(H,31,33). The van der Waals surface area contributed by atoms with Crippen molar-refractivity contribution in [2.45, 2.75) is 56.1 Å². The highest BCUT2D eigenvalue weighted by Crippen LogP contribution is 2.40. The largest absolute Gasteiger partial charge is 0.465 e. The molecule has 1 aliphatic rings. The van der Waals surface area contributed by atoms with Crippen LogP contribution in [0, 0.1) is 5.92 Å². The predicted molar refractivity (Wildman–Crippen MR) is 151 cm³/mol. The summed E-state index contributed by atoms with van der Waals surface area (Å²) in [6.07, 6.45) is 3.66. The molecule has 2 unspecified atom stereocenters. The van der Waals surface area contributed by atoms with Crippen LogP contribution in [-0.4, -0.2) is 30.1 Å². The Labute approximate surface area is 226 Å². The zero-order valence-electron chi connectivity index (χ0n) is 21.3. The summed E-state index contributed by atoms with van der Waals surface area (Å²) < 4.78 is 5.05. The van der Waals surface area contributed by atoms with Crippen molar-refractivity contribution in [3.05, 3.63) is 76.2 Å². The van der Waals surface area contributed by atoms with Gasteiger partial charge in [-0.05, 0) is 60.9 Å². The topological polar surface area (TPSA) is 84.5 Å². The molecular weight excluding hydrogens is 504 g/mol. The molecule has 2 amide bonds. The fourth-order valence-electron chi connectivity index (χ4n) is 4.47. The molecule has 4 rings (SSSR count). The zero-order chi connectivity index (χ0) is 26.4. The highest BCUT2D eigenvalue weighted by atomic mass is 32.2. The molecule has 0 bridgehead atoms. The third-order valence-electron chi connectivity index (χ3n) is 6.40. The van der Waals surface area contributed by atoms with E-state index in [0.29, 0.717) is 35.0 Å². The maximum absolute atomic E-state index is 13.3. The van der Waals surface area contributed by atoms with E-state index in [9.17, 15) is 14.4 Å². The summed E-state index contributed by atoms with van der Waals surface area (Å²) in [7, 11) is 1.37. The average molecular weight is 537 g/mol. The number of hydrogen-bond acceptors (Lipinski definition) is 6. The highest BCUT2D eigenvalue weighted by Gasteiger charge is 2.30. The molecular formula is C29H32N2O4S2. The number of thiophene rings is 1. The van der Waals surface area contributed by atoms with Crippen LogP contribution in [0.5, 0.6) is 0 Å². The highest BCUT2D eigenvalue weighted by molar-refractivity contribution is 8.00. The van der Waals surface area contributed by atoms with E-state index in [1.54, 1.807) is 0 Å². The van der Waals surface area contributed by atoms with Gasteiger partial charge in [0.05, 0.1) is 24.3 Å². The number of amides is 2. The van der Waals surface area contributed by atoms with E-state index in [0.717, 1.165) is 40.2 Å². The summed E-state index contributed by atoms with van der Waals surface area (Å²) in [5, 5.41) is 6.20. The van der Waals surface area contributed by atoms with Gasteiger partial charge < -0.3 is 15.4 Å². The first-order valence-electron chi connectivity index (χ1n) is 12.5. The number of hydrogen-bond donors (Lipinski definition) is 2. The summed E-state index contributed by atoms with van der Waals surface area (Å²) in [6, 6.07) is 17.1. The van der Waals surface area contributed by atoms with Gasteiger partial charge in [-0.25, -0.2) is 4.79 Å². The quantitative estimate of drug-likeness (QED) is 0.246. The lowest BCUT2D eigenvalue weighted by molar-refractivity contribution is -0.116. The molecule has 0 saturated heterocycles. The fraction of sp³-hybridized carbons (Fsp3) is 0.345. The minimum absolute atomic E-state index is 0.0931. The molecule has 0 saturated carbocycles. The van der Waals surface area contributed by atoms with Crippen molar-refractivity contribution in [1.82, 2.24) is 0 Å². The van der Waals surface area contributed by atoms with E-state index in [1.165, 1.54) is 30.2 Å². The number of esters is 1. The van der Waals surface area contributed by atoms with Crippen LogP contribution in [0.15, 0.2) is 59.5 Å². The van der Waals surface area contributed by atoms with Gasteiger partial charge in [0, 0.05) is 15.5 Å². The third-order valence-corrected chi connectivity index (χ3v) is 8.93. The Hall–Kier alpha value is -3.10. The van der Waals surface area contributed by atoms with Gasteiger partial charge in [0.2, 0.25) is 11.8 Å². The van der Waals surface area contributed by atoms with Gasteiger partial charge in [0.25, 0.3) is 0 Å². The number of carbonyl (C=O) groups excluding carboxylic acids is 3. The number of benzene rings is 2. The smallest absolute Gasteiger partial charge is 0.341 e. The van der Waals surface area contributed by atoms with E-state index < -0.39 is 5.97 Å². The molecule has 6 nitrogen and oxygen atoms in total. The van der Waals surface area contributed by atoms with Gasteiger partial charge in [0.1, 0.15) is 5.00 Å². The van der Waals surface area contributed by atoms with Gasteiger partial charge in [-0.3, -0.25) is 9.59 Å². The van der Waals surface area contributed by atoms with E-state index >= 15 is 0 Å². The first-order chi connectivity index (χ1) is 17.9. The Morgan fingerprint density at radius 1 is 1.11 bits per heavy atom. The van der Waals surface area contributed by atoms with Gasteiger partial charge in [-0.1, -0.05) is 50.2 Å². The number of methoxy groups -OCH3 is 1. The van der Waals surface area contributed by atoms with Crippen LogP contribution < -0.4 is 10.6 Å². The van der Waals surface area contributed by atoms with Crippen molar-refractivity contribution in [2.24, 2.45) is 5.92 Å². The monoisotopic (exact) mass is 536 g/mol. The molecule has 1 aliphatic carbocycles. The van der Waals surface area contributed by atoms with Crippen LogP contribution in [0.2, 0.25) is 0 Å². The molecule has 0 aliphatic heterocycles. The molecule has 0 radical (unpaired) electrons. The van der Waals surface area contributed by atoms with Crippen LogP contribution in [-0.2, 0) is 33.6 Å². The molecule has 2 atom stereocenters. The lowest BCUT2D eigenvalue weighted by atomic mass is 9.88. The van der Waals surface area contributed by atoms with Gasteiger partial charge >= 0.3 is 5.97 Å². The summed E-state index contributed by atoms with van der Waals surface area (Å²) >= 11 is 2.93. The van der Waals surface area contributed by atoms with Gasteiger partial charge in [0.15, 0.2) is 0 Å². The number of anilines is 2. The van der Waals surface area contributed by atoms with Gasteiger partial charge in [-0.15, -0.1) is 23.1 Å². The van der Waals surface area contributed by atoms with Crippen molar-refractivity contribution in [3.8, 4) is 0 Å². The van der Waals surface area contributed by atoms with Gasteiger partial charge in [-0.2, -0.15) is 0 Å². The lowest BCUT2D eigenvalue weighted by Crippen LogP contribution is -2.25. The van der Waals surface area contributed by atoms with E-state index in [1.807, 2.05) is 61.5 Å². The molecule has 2 aromatic carbocycles. The Kier molecular flexibility index (Phi) is 9.05. The Balaban J connectivity index is 1.44. The second-order valence-corrected chi connectivity index (χ2v) is 11.7. The Bertz CT molecular complexity index is 1270. The van der Waals surface area contributed by atoms with E-state index in [4.69, 9.17) is 4.74 Å². The van der Waals surface area contributed by atoms with Crippen LogP contribution in [0.25, 0.3) is 0 Å². The molecule has 37 heavy (non-hydrogen) atoms. The molecule has 0 fully saturated rings. The molecule has 2 N–H and O–H groups in total. The summed E-state index contributed by atoms with van der Waals surface area (Å²) in [5.41, 5.74) is 3.16. The molecule has 8 heteroatoms. The predicted octanol–water partition coefficient (Wildman–Crippen LogP) is 6.35. The summed E-state index contributed by atoms with van der Waals surface area (Å²) in [5.74, 6) is -0.0890. The van der Waals surface area contributed by atoms with Crippen LogP contribution in [0.4, 0.5) is 10.7 Å². The summed E-state index contributed by atoms with van der Waals surface area (Å²) in [6.45, 7) is 4.17. The molecule has 194 valence electrons. The maximum atomic E-state index is 13.3. The van der Waals surface area contributed by atoms with Crippen molar-refractivity contribution in [1.29, 1.82) is 0 Å². The number of nitrogens with one attached hydrogen (secondary N) is 2. The second-order valence-electron chi connectivity index (χ2n) is 9.29. The molecule has 1 heterocycles. The third kappa shape index (κ3) is 6.81. The SMILES string of the molecule is CCC(Sc1cccc(NC(=O)Cc2ccccc2)c1)C(=O)Nc1sc2c(c1C(=O)OC)CCC(C)C2. The minimum atomic E-state index is -0.401. The summed E-state index contributed by atoms with van der Waals surface area (Å²) in [4.78, 5) is 40.4. The zero-order valence-corrected chi connectivity index (χ0v) is 23.0. The van der Waals surface area contributed by atoms with Crippen LogP contribution >= 0.6 is 23.1 Å². The number of fused-ring (bicyclic) bond motifs is 1.